The number of para-hydroxylation sites is 1. The number of halogens is 1. The summed E-state index contributed by atoms with van der Waals surface area (Å²) in [5.41, 5.74) is 3.75. The Morgan fingerprint density at radius 3 is 2.55 bits per heavy atom. The fourth-order valence-corrected chi connectivity index (χ4v) is 3.92. The van der Waals surface area contributed by atoms with Crippen LogP contribution in [-0.2, 0) is 9.53 Å². The molecular formula is C24H27ClN2O4. The number of hydrogen-bond donors (Lipinski definition) is 1. The Labute approximate surface area is 187 Å². The number of esters is 1. The molecule has 164 valence electrons. The fraction of sp³-hybridized carbons (Fsp3) is 0.333. The number of ether oxygens (including phenoxy) is 2. The number of carbonyl (C=O) groups excluding carboxylic acids is 2. The van der Waals surface area contributed by atoms with E-state index in [1.165, 1.54) is 4.90 Å². The highest BCUT2D eigenvalue weighted by molar-refractivity contribution is 6.32. The lowest BCUT2D eigenvalue weighted by atomic mass is 9.91. The van der Waals surface area contributed by atoms with Crippen molar-refractivity contribution in [2.75, 3.05) is 19.8 Å². The Kier molecular flexibility index (Phi) is 7.23. The van der Waals surface area contributed by atoms with Gasteiger partial charge in [-0.15, -0.1) is 0 Å². The van der Waals surface area contributed by atoms with Crippen molar-refractivity contribution in [1.29, 1.82) is 0 Å². The van der Waals surface area contributed by atoms with Crippen LogP contribution in [0.5, 0.6) is 5.75 Å². The van der Waals surface area contributed by atoms with E-state index >= 15 is 0 Å². The number of amides is 2. The molecule has 0 bridgehead atoms. The predicted molar refractivity (Wildman–Crippen MR) is 120 cm³/mol. The largest absolute Gasteiger partial charge is 0.486 e. The van der Waals surface area contributed by atoms with Crippen LogP contribution in [0.1, 0.15) is 36.6 Å². The van der Waals surface area contributed by atoms with E-state index in [4.69, 9.17) is 21.1 Å². The minimum absolute atomic E-state index is 0.000546. The first-order valence-corrected chi connectivity index (χ1v) is 10.7. The SMILES string of the molecule is CCOC(=O)C1=C(COc2ccccc2Cl)N(CC)C(=O)NC1c1ccc(C)cc1C. The number of rotatable bonds is 7. The first-order valence-electron chi connectivity index (χ1n) is 10.3. The number of nitrogens with one attached hydrogen (secondary N) is 1. The molecule has 2 aromatic carbocycles. The van der Waals surface area contributed by atoms with Crippen molar-refractivity contribution in [3.8, 4) is 5.75 Å². The normalized spacial score (nSPS) is 16.2. The van der Waals surface area contributed by atoms with Crippen LogP contribution in [0.4, 0.5) is 4.79 Å². The van der Waals surface area contributed by atoms with Gasteiger partial charge in [0.25, 0.3) is 0 Å². The molecule has 1 unspecified atom stereocenters. The third kappa shape index (κ3) is 4.85. The smallest absolute Gasteiger partial charge is 0.338 e. The number of benzene rings is 2. The quantitative estimate of drug-likeness (QED) is 0.617. The molecule has 1 aliphatic rings. The molecule has 7 heteroatoms. The summed E-state index contributed by atoms with van der Waals surface area (Å²) in [5.74, 6) is -0.00587. The zero-order chi connectivity index (χ0) is 22.5. The lowest BCUT2D eigenvalue weighted by Crippen LogP contribution is -2.49. The van der Waals surface area contributed by atoms with Gasteiger partial charge in [-0.2, -0.15) is 0 Å². The molecule has 1 heterocycles. The maximum absolute atomic E-state index is 13.1. The van der Waals surface area contributed by atoms with Gasteiger partial charge in [-0.3, -0.25) is 4.90 Å². The summed E-state index contributed by atoms with van der Waals surface area (Å²) in [7, 11) is 0. The van der Waals surface area contributed by atoms with Crippen LogP contribution in [0.15, 0.2) is 53.7 Å². The molecule has 2 aromatic rings. The van der Waals surface area contributed by atoms with Crippen molar-refractivity contribution in [1.82, 2.24) is 10.2 Å². The molecule has 0 fully saturated rings. The summed E-state index contributed by atoms with van der Waals surface area (Å²) in [5, 5.41) is 3.42. The lowest BCUT2D eigenvalue weighted by molar-refractivity contribution is -0.139. The van der Waals surface area contributed by atoms with Crippen molar-refractivity contribution in [3.05, 3.63) is 75.4 Å². The summed E-state index contributed by atoms with van der Waals surface area (Å²) in [4.78, 5) is 27.5. The first-order chi connectivity index (χ1) is 14.9. The van der Waals surface area contributed by atoms with Crippen LogP contribution in [0.2, 0.25) is 5.02 Å². The Hall–Kier alpha value is -2.99. The number of likely N-dealkylation sites (N-methyl/N-ethyl adjacent to an activating group) is 1. The molecule has 31 heavy (non-hydrogen) atoms. The highest BCUT2D eigenvalue weighted by Crippen LogP contribution is 2.34. The van der Waals surface area contributed by atoms with E-state index in [-0.39, 0.29) is 19.2 Å². The lowest BCUT2D eigenvalue weighted by Gasteiger charge is -2.36. The van der Waals surface area contributed by atoms with Crippen molar-refractivity contribution in [3.63, 3.8) is 0 Å². The van der Waals surface area contributed by atoms with Gasteiger partial charge in [0.05, 0.1) is 28.9 Å². The van der Waals surface area contributed by atoms with Gasteiger partial charge in [0.2, 0.25) is 0 Å². The standard InChI is InChI=1S/C24H27ClN2O4/c1-5-27-19(14-31-20-10-8-7-9-18(20)25)21(23(28)30-6-2)22(26-24(27)29)17-12-11-15(3)13-16(17)4/h7-13,22H,5-6,14H2,1-4H3,(H,26,29). The highest BCUT2D eigenvalue weighted by atomic mass is 35.5. The molecule has 1 aliphatic heterocycles. The van der Waals surface area contributed by atoms with Crippen LogP contribution in [0, 0.1) is 13.8 Å². The molecular weight excluding hydrogens is 416 g/mol. The van der Waals surface area contributed by atoms with E-state index in [1.54, 1.807) is 25.1 Å². The minimum Gasteiger partial charge on any atom is -0.486 e. The van der Waals surface area contributed by atoms with Crippen LogP contribution < -0.4 is 10.1 Å². The molecule has 0 saturated heterocycles. The van der Waals surface area contributed by atoms with Crippen LogP contribution in [0.3, 0.4) is 0 Å². The molecule has 0 aliphatic carbocycles. The molecule has 0 aromatic heterocycles. The second-order valence-electron chi connectivity index (χ2n) is 7.29. The Morgan fingerprint density at radius 1 is 1.16 bits per heavy atom. The minimum atomic E-state index is -0.639. The Balaban J connectivity index is 2.11. The van der Waals surface area contributed by atoms with E-state index in [0.29, 0.717) is 28.6 Å². The van der Waals surface area contributed by atoms with Crippen molar-refractivity contribution in [2.24, 2.45) is 0 Å². The number of carbonyl (C=O) groups is 2. The van der Waals surface area contributed by atoms with Crippen molar-refractivity contribution >= 4 is 23.6 Å². The second kappa shape index (κ2) is 9.88. The van der Waals surface area contributed by atoms with Gasteiger partial charge in [0.1, 0.15) is 12.4 Å². The zero-order valence-corrected chi connectivity index (χ0v) is 19.0. The van der Waals surface area contributed by atoms with Crippen molar-refractivity contribution < 1.29 is 19.1 Å². The average Bonchev–Trinajstić information content (AvgIpc) is 2.73. The van der Waals surface area contributed by atoms with Crippen LogP contribution in [0.25, 0.3) is 0 Å². The van der Waals surface area contributed by atoms with E-state index in [2.05, 4.69) is 5.32 Å². The second-order valence-corrected chi connectivity index (χ2v) is 7.69. The van der Waals surface area contributed by atoms with E-state index in [9.17, 15) is 9.59 Å². The van der Waals surface area contributed by atoms with Crippen LogP contribution in [-0.4, -0.2) is 36.7 Å². The summed E-state index contributed by atoms with van der Waals surface area (Å²) in [6, 6.07) is 12.1. The van der Waals surface area contributed by atoms with Gasteiger partial charge < -0.3 is 14.8 Å². The zero-order valence-electron chi connectivity index (χ0n) is 18.2. The molecule has 0 spiro atoms. The summed E-state index contributed by atoms with van der Waals surface area (Å²) >= 11 is 6.22. The van der Waals surface area contributed by atoms with Gasteiger partial charge >= 0.3 is 12.0 Å². The number of urea groups is 1. The van der Waals surface area contributed by atoms with Gasteiger partial charge in [-0.05, 0) is 51.0 Å². The molecule has 1 atom stereocenters. The van der Waals surface area contributed by atoms with E-state index < -0.39 is 12.0 Å². The fourth-order valence-electron chi connectivity index (χ4n) is 3.73. The molecule has 3 rings (SSSR count). The number of nitrogens with zero attached hydrogens (tertiary/aromatic N) is 1. The topological polar surface area (TPSA) is 67.9 Å². The van der Waals surface area contributed by atoms with Gasteiger partial charge in [0, 0.05) is 6.54 Å². The van der Waals surface area contributed by atoms with Gasteiger partial charge in [-0.1, -0.05) is 47.5 Å². The maximum Gasteiger partial charge on any atom is 0.338 e. The first kappa shape index (κ1) is 22.7. The molecule has 6 nitrogen and oxygen atoms in total. The molecule has 0 radical (unpaired) electrons. The summed E-state index contributed by atoms with van der Waals surface area (Å²) in [6.07, 6.45) is 0. The number of aryl methyl sites for hydroxylation is 2. The number of hydrogen-bond acceptors (Lipinski definition) is 4. The predicted octanol–water partition coefficient (Wildman–Crippen LogP) is 4.94. The monoisotopic (exact) mass is 442 g/mol. The van der Waals surface area contributed by atoms with Crippen LogP contribution >= 0.6 is 11.6 Å². The molecule has 1 N–H and O–H groups in total. The Morgan fingerprint density at radius 2 is 1.90 bits per heavy atom. The Bertz CT molecular complexity index is 1020. The summed E-state index contributed by atoms with van der Waals surface area (Å²) in [6.45, 7) is 8.15. The average molecular weight is 443 g/mol. The molecule has 0 saturated carbocycles. The van der Waals surface area contributed by atoms with Gasteiger partial charge in [0.15, 0.2) is 0 Å². The van der Waals surface area contributed by atoms with E-state index in [0.717, 1.165) is 16.7 Å². The van der Waals surface area contributed by atoms with E-state index in [1.807, 2.05) is 45.0 Å². The maximum atomic E-state index is 13.1. The highest BCUT2D eigenvalue weighted by Gasteiger charge is 2.38. The third-order valence-electron chi connectivity index (χ3n) is 5.19. The summed E-state index contributed by atoms with van der Waals surface area (Å²) < 4.78 is 11.3. The van der Waals surface area contributed by atoms with Crippen molar-refractivity contribution in [2.45, 2.75) is 33.7 Å². The van der Waals surface area contributed by atoms with Gasteiger partial charge in [-0.25, -0.2) is 9.59 Å². The third-order valence-corrected chi connectivity index (χ3v) is 5.50. The molecule has 2 amide bonds.